The standard InChI is InChI=1S/C12H25NO/c1-4-12(14-3)11(13-2)9-10-7-5-6-8-10/h10-13H,4-9H2,1-3H3. The van der Waals surface area contributed by atoms with Crippen molar-refractivity contribution in [3.05, 3.63) is 0 Å². The molecule has 1 aliphatic rings. The van der Waals surface area contributed by atoms with Gasteiger partial charge in [-0.1, -0.05) is 32.6 Å². The predicted molar refractivity (Wildman–Crippen MR) is 60.5 cm³/mol. The number of hydrogen-bond acceptors (Lipinski definition) is 2. The van der Waals surface area contributed by atoms with Gasteiger partial charge in [0, 0.05) is 13.2 Å². The second kappa shape index (κ2) is 6.41. The van der Waals surface area contributed by atoms with Gasteiger partial charge in [0.25, 0.3) is 0 Å². The Hall–Kier alpha value is -0.0800. The fourth-order valence-corrected chi connectivity index (χ4v) is 2.68. The molecule has 1 fully saturated rings. The highest BCUT2D eigenvalue weighted by Crippen LogP contribution is 2.29. The van der Waals surface area contributed by atoms with Crippen LogP contribution in [0.1, 0.15) is 45.4 Å². The zero-order valence-corrected chi connectivity index (χ0v) is 9.88. The lowest BCUT2D eigenvalue weighted by Crippen LogP contribution is -2.39. The molecule has 0 aromatic carbocycles. The van der Waals surface area contributed by atoms with Crippen LogP contribution in [0.15, 0.2) is 0 Å². The third kappa shape index (κ3) is 3.25. The monoisotopic (exact) mass is 199 g/mol. The van der Waals surface area contributed by atoms with Crippen molar-refractivity contribution in [2.75, 3.05) is 14.2 Å². The highest BCUT2D eigenvalue weighted by molar-refractivity contribution is 4.80. The molecule has 14 heavy (non-hydrogen) atoms. The maximum absolute atomic E-state index is 5.50. The molecular weight excluding hydrogens is 174 g/mol. The van der Waals surface area contributed by atoms with Crippen LogP contribution in [0.2, 0.25) is 0 Å². The summed E-state index contributed by atoms with van der Waals surface area (Å²) in [6.07, 6.45) is 8.52. The molecule has 0 amide bonds. The van der Waals surface area contributed by atoms with Crippen LogP contribution in [0.25, 0.3) is 0 Å². The molecule has 1 rings (SSSR count). The predicted octanol–water partition coefficient (Wildman–Crippen LogP) is 2.58. The van der Waals surface area contributed by atoms with E-state index in [1.165, 1.54) is 32.1 Å². The van der Waals surface area contributed by atoms with Crippen LogP contribution < -0.4 is 5.32 Å². The first-order valence-electron chi connectivity index (χ1n) is 6.01. The summed E-state index contributed by atoms with van der Waals surface area (Å²) in [5, 5.41) is 3.41. The van der Waals surface area contributed by atoms with E-state index in [-0.39, 0.29) is 0 Å². The summed E-state index contributed by atoms with van der Waals surface area (Å²) >= 11 is 0. The first kappa shape index (κ1) is 12.0. The molecule has 2 heteroatoms. The first-order valence-corrected chi connectivity index (χ1v) is 6.01. The van der Waals surface area contributed by atoms with Gasteiger partial charge < -0.3 is 10.1 Å². The molecule has 0 radical (unpaired) electrons. The zero-order chi connectivity index (χ0) is 10.4. The van der Waals surface area contributed by atoms with Crippen molar-refractivity contribution < 1.29 is 4.74 Å². The normalized spacial score (nSPS) is 22.5. The fraction of sp³-hybridized carbons (Fsp3) is 1.00. The van der Waals surface area contributed by atoms with Gasteiger partial charge in [0.15, 0.2) is 0 Å². The molecule has 0 bridgehead atoms. The number of rotatable bonds is 6. The molecule has 2 unspecified atom stereocenters. The van der Waals surface area contributed by atoms with Crippen LogP contribution in [-0.2, 0) is 4.74 Å². The topological polar surface area (TPSA) is 21.3 Å². The van der Waals surface area contributed by atoms with Gasteiger partial charge in [-0.3, -0.25) is 0 Å². The molecule has 0 aromatic rings. The van der Waals surface area contributed by atoms with Crippen molar-refractivity contribution in [1.29, 1.82) is 0 Å². The molecule has 2 nitrogen and oxygen atoms in total. The summed E-state index contributed by atoms with van der Waals surface area (Å²) < 4.78 is 5.50. The van der Waals surface area contributed by atoms with Crippen molar-refractivity contribution in [3.8, 4) is 0 Å². The lowest BCUT2D eigenvalue weighted by molar-refractivity contribution is 0.0596. The van der Waals surface area contributed by atoms with Crippen LogP contribution in [0.3, 0.4) is 0 Å². The molecule has 0 aromatic heterocycles. The van der Waals surface area contributed by atoms with E-state index in [1.807, 2.05) is 7.11 Å². The lowest BCUT2D eigenvalue weighted by atomic mass is 9.94. The third-order valence-corrected chi connectivity index (χ3v) is 3.59. The third-order valence-electron chi connectivity index (χ3n) is 3.59. The Bertz CT molecular complexity index is 139. The van der Waals surface area contributed by atoms with E-state index in [1.54, 1.807) is 0 Å². The maximum Gasteiger partial charge on any atom is 0.0721 e. The Morgan fingerprint density at radius 2 is 2.00 bits per heavy atom. The smallest absolute Gasteiger partial charge is 0.0721 e. The van der Waals surface area contributed by atoms with E-state index < -0.39 is 0 Å². The minimum Gasteiger partial charge on any atom is -0.380 e. The molecule has 1 N–H and O–H groups in total. The fourth-order valence-electron chi connectivity index (χ4n) is 2.68. The quantitative estimate of drug-likeness (QED) is 0.710. The van der Waals surface area contributed by atoms with Crippen molar-refractivity contribution in [2.45, 2.75) is 57.6 Å². The minimum absolute atomic E-state index is 0.389. The Balaban J connectivity index is 2.35. The van der Waals surface area contributed by atoms with Crippen molar-refractivity contribution in [3.63, 3.8) is 0 Å². The number of methoxy groups -OCH3 is 1. The van der Waals surface area contributed by atoms with E-state index in [4.69, 9.17) is 4.74 Å². The van der Waals surface area contributed by atoms with Gasteiger partial charge >= 0.3 is 0 Å². The van der Waals surface area contributed by atoms with Gasteiger partial charge in [0.05, 0.1) is 6.10 Å². The summed E-state index contributed by atoms with van der Waals surface area (Å²) in [5.41, 5.74) is 0. The lowest BCUT2D eigenvalue weighted by Gasteiger charge is -2.27. The first-order chi connectivity index (χ1) is 6.81. The molecule has 0 saturated heterocycles. The average molecular weight is 199 g/mol. The highest BCUT2D eigenvalue weighted by atomic mass is 16.5. The van der Waals surface area contributed by atoms with Crippen LogP contribution in [0.4, 0.5) is 0 Å². The molecule has 1 saturated carbocycles. The SMILES string of the molecule is CCC(OC)C(CC1CCCC1)NC. The molecule has 84 valence electrons. The summed E-state index contributed by atoms with van der Waals surface area (Å²) in [5.74, 6) is 0.941. The second-order valence-corrected chi connectivity index (χ2v) is 4.46. The van der Waals surface area contributed by atoms with Gasteiger partial charge in [0.1, 0.15) is 0 Å². The molecular formula is C12H25NO. The Labute approximate surface area is 88.4 Å². The molecule has 0 spiro atoms. The maximum atomic E-state index is 5.50. The van der Waals surface area contributed by atoms with Crippen molar-refractivity contribution in [2.24, 2.45) is 5.92 Å². The van der Waals surface area contributed by atoms with E-state index in [9.17, 15) is 0 Å². The van der Waals surface area contributed by atoms with E-state index in [2.05, 4.69) is 19.3 Å². The number of likely N-dealkylation sites (N-methyl/N-ethyl adjacent to an activating group) is 1. The molecule has 0 heterocycles. The van der Waals surface area contributed by atoms with Gasteiger partial charge in [-0.25, -0.2) is 0 Å². The van der Waals surface area contributed by atoms with E-state index >= 15 is 0 Å². The van der Waals surface area contributed by atoms with Gasteiger partial charge in [-0.2, -0.15) is 0 Å². The molecule has 2 atom stereocenters. The van der Waals surface area contributed by atoms with Crippen LogP contribution >= 0.6 is 0 Å². The highest BCUT2D eigenvalue weighted by Gasteiger charge is 2.24. The summed E-state index contributed by atoms with van der Waals surface area (Å²) in [7, 11) is 3.88. The van der Waals surface area contributed by atoms with Crippen LogP contribution in [-0.4, -0.2) is 26.3 Å². The van der Waals surface area contributed by atoms with Gasteiger partial charge in [-0.05, 0) is 25.8 Å². The zero-order valence-electron chi connectivity index (χ0n) is 9.88. The Morgan fingerprint density at radius 1 is 1.36 bits per heavy atom. The van der Waals surface area contributed by atoms with Crippen molar-refractivity contribution in [1.82, 2.24) is 5.32 Å². The summed E-state index contributed by atoms with van der Waals surface area (Å²) in [6.45, 7) is 2.20. The Morgan fingerprint density at radius 3 is 2.43 bits per heavy atom. The van der Waals surface area contributed by atoms with Crippen LogP contribution in [0.5, 0.6) is 0 Å². The average Bonchev–Trinajstić information content (AvgIpc) is 2.70. The largest absolute Gasteiger partial charge is 0.380 e. The molecule has 1 aliphatic carbocycles. The Kier molecular flexibility index (Phi) is 5.49. The minimum atomic E-state index is 0.389. The number of ether oxygens (including phenoxy) is 1. The van der Waals surface area contributed by atoms with Gasteiger partial charge in [-0.15, -0.1) is 0 Å². The van der Waals surface area contributed by atoms with Crippen LogP contribution in [0, 0.1) is 5.92 Å². The number of nitrogens with one attached hydrogen (secondary N) is 1. The summed E-state index contributed by atoms with van der Waals surface area (Å²) in [4.78, 5) is 0. The molecule has 0 aliphatic heterocycles. The summed E-state index contributed by atoms with van der Waals surface area (Å²) in [6, 6.07) is 0.549. The number of hydrogen-bond donors (Lipinski definition) is 1. The van der Waals surface area contributed by atoms with E-state index in [0.717, 1.165) is 12.3 Å². The second-order valence-electron chi connectivity index (χ2n) is 4.46. The van der Waals surface area contributed by atoms with E-state index in [0.29, 0.717) is 12.1 Å². The van der Waals surface area contributed by atoms with Gasteiger partial charge in [0.2, 0.25) is 0 Å². The van der Waals surface area contributed by atoms with Crippen molar-refractivity contribution >= 4 is 0 Å².